The van der Waals surface area contributed by atoms with Crippen molar-refractivity contribution in [3.63, 3.8) is 0 Å². The Bertz CT molecular complexity index is 833. The van der Waals surface area contributed by atoms with E-state index in [0.29, 0.717) is 11.8 Å². The molecule has 1 heteroatoms. The third-order valence-corrected chi connectivity index (χ3v) is 6.47. The molecule has 2 aliphatic rings. The van der Waals surface area contributed by atoms with Gasteiger partial charge in [-0.2, -0.15) is 0 Å². The van der Waals surface area contributed by atoms with E-state index >= 15 is 0 Å². The predicted molar refractivity (Wildman–Crippen MR) is 114 cm³/mol. The first kappa shape index (κ1) is 17.5. The molecule has 1 saturated carbocycles. The van der Waals surface area contributed by atoms with Crippen LogP contribution in [0.15, 0.2) is 103 Å². The summed E-state index contributed by atoms with van der Waals surface area (Å²) in [6, 6.07) is 32.1. The summed E-state index contributed by atoms with van der Waals surface area (Å²) in [7, 11) is 0. The SMILES string of the molecule is C1=CC2CC1CC2COC(c1ccccc1)(c1ccccc1)c1ccccc1. The van der Waals surface area contributed by atoms with Gasteiger partial charge in [0.15, 0.2) is 0 Å². The highest BCUT2D eigenvalue weighted by atomic mass is 16.5. The molecule has 5 rings (SSSR count). The Morgan fingerprint density at radius 3 is 1.54 bits per heavy atom. The first-order valence-electron chi connectivity index (χ1n) is 10.3. The van der Waals surface area contributed by atoms with Crippen LogP contribution in [0.1, 0.15) is 29.5 Å². The Hall–Kier alpha value is -2.64. The van der Waals surface area contributed by atoms with Crippen molar-refractivity contribution in [2.24, 2.45) is 17.8 Å². The molecule has 3 aromatic rings. The van der Waals surface area contributed by atoms with E-state index in [4.69, 9.17) is 4.74 Å². The molecule has 3 unspecified atom stereocenters. The lowest BCUT2D eigenvalue weighted by Crippen LogP contribution is -2.35. The number of rotatable bonds is 6. The van der Waals surface area contributed by atoms with Crippen molar-refractivity contribution in [1.29, 1.82) is 0 Å². The smallest absolute Gasteiger partial charge is 0.143 e. The van der Waals surface area contributed by atoms with Gasteiger partial charge in [0.25, 0.3) is 0 Å². The third kappa shape index (κ3) is 3.00. The lowest BCUT2D eigenvalue weighted by atomic mass is 9.80. The van der Waals surface area contributed by atoms with E-state index in [-0.39, 0.29) is 0 Å². The van der Waals surface area contributed by atoms with Gasteiger partial charge in [0.05, 0.1) is 6.61 Å². The maximum Gasteiger partial charge on any atom is 0.143 e. The maximum absolute atomic E-state index is 6.99. The second-order valence-corrected chi connectivity index (χ2v) is 8.13. The molecule has 1 fully saturated rings. The van der Waals surface area contributed by atoms with Crippen molar-refractivity contribution in [3.05, 3.63) is 120 Å². The molecular weight excluding hydrogens is 340 g/mol. The van der Waals surface area contributed by atoms with E-state index in [1.807, 2.05) is 0 Å². The summed E-state index contributed by atoms with van der Waals surface area (Å²) in [5.41, 5.74) is 2.97. The zero-order valence-electron chi connectivity index (χ0n) is 16.1. The van der Waals surface area contributed by atoms with E-state index < -0.39 is 5.60 Å². The van der Waals surface area contributed by atoms with Gasteiger partial charge in [-0.25, -0.2) is 0 Å². The minimum Gasteiger partial charge on any atom is -0.361 e. The van der Waals surface area contributed by atoms with Crippen molar-refractivity contribution < 1.29 is 4.74 Å². The molecule has 1 nitrogen and oxygen atoms in total. The summed E-state index contributed by atoms with van der Waals surface area (Å²) in [5, 5.41) is 0. The first-order valence-corrected chi connectivity index (χ1v) is 10.3. The largest absolute Gasteiger partial charge is 0.361 e. The van der Waals surface area contributed by atoms with Crippen LogP contribution in [-0.4, -0.2) is 6.61 Å². The number of fused-ring (bicyclic) bond motifs is 2. The lowest BCUT2D eigenvalue weighted by molar-refractivity contribution is -0.0127. The highest BCUT2D eigenvalue weighted by molar-refractivity contribution is 5.47. The van der Waals surface area contributed by atoms with Gasteiger partial charge in [-0.3, -0.25) is 0 Å². The number of hydrogen-bond acceptors (Lipinski definition) is 1. The number of hydrogen-bond donors (Lipinski definition) is 0. The average Bonchev–Trinajstić information content (AvgIpc) is 3.40. The van der Waals surface area contributed by atoms with E-state index in [0.717, 1.165) is 12.5 Å². The predicted octanol–water partition coefficient (Wildman–Crippen LogP) is 6.21. The van der Waals surface area contributed by atoms with Crippen LogP contribution in [-0.2, 0) is 10.3 Å². The molecule has 0 aromatic heterocycles. The molecule has 0 amide bonds. The van der Waals surface area contributed by atoms with E-state index in [1.165, 1.54) is 29.5 Å². The van der Waals surface area contributed by atoms with Crippen molar-refractivity contribution in [3.8, 4) is 0 Å². The molecular formula is C27H26O. The summed E-state index contributed by atoms with van der Waals surface area (Å²) in [4.78, 5) is 0. The van der Waals surface area contributed by atoms with Gasteiger partial charge < -0.3 is 4.74 Å². The fraction of sp³-hybridized carbons (Fsp3) is 0.259. The molecule has 140 valence electrons. The topological polar surface area (TPSA) is 9.23 Å². The van der Waals surface area contributed by atoms with Gasteiger partial charge >= 0.3 is 0 Å². The summed E-state index contributed by atoms with van der Waals surface area (Å²) in [5.74, 6) is 2.06. The van der Waals surface area contributed by atoms with Gasteiger partial charge in [-0.15, -0.1) is 0 Å². The molecule has 0 N–H and O–H groups in total. The maximum atomic E-state index is 6.99. The van der Waals surface area contributed by atoms with Crippen molar-refractivity contribution in [1.82, 2.24) is 0 Å². The third-order valence-electron chi connectivity index (χ3n) is 6.47. The Labute approximate surface area is 167 Å². The molecule has 28 heavy (non-hydrogen) atoms. The van der Waals surface area contributed by atoms with Gasteiger partial charge in [0, 0.05) is 0 Å². The zero-order valence-corrected chi connectivity index (χ0v) is 16.1. The van der Waals surface area contributed by atoms with Gasteiger partial charge in [0.1, 0.15) is 5.60 Å². The molecule has 2 bridgehead atoms. The summed E-state index contributed by atoms with van der Waals surface area (Å²) >= 11 is 0. The minimum absolute atomic E-state index is 0.588. The highest BCUT2D eigenvalue weighted by Gasteiger charge is 2.41. The van der Waals surface area contributed by atoms with Crippen molar-refractivity contribution in [2.75, 3.05) is 6.61 Å². The van der Waals surface area contributed by atoms with Crippen LogP contribution < -0.4 is 0 Å². The fourth-order valence-corrected chi connectivity index (χ4v) is 5.09. The molecule has 0 heterocycles. The molecule has 0 saturated heterocycles. The van der Waals surface area contributed by atoms with Gasteiger partial charge in [-0.05, 0) is 47.3 Å². The van der Waals surface area contributed by atoms with Gasteiger partial charge in [0.2, 0.25) is 0 Å². The Morgan fingerprint density at radius 1 is 0.643 bits per heavy atom. The fourth-order valence-electron chi connectivity index (χ4n) is 5.09. The summed E-state index contributed by atoms with van der Waals surface area (Å²) in [6.45, 7) is 0.782. The number of benzene rings is 3. The Kier molecular flexibility index (Phi) is 4.62. The summed E-state index contributed by atoms with van der Waals surface area (Å²) < 4.78 is 6.99. The second kappa shape index (κ2) is 7.41. The Morgan fingerprint density at radius 2 is 1.14 bits per heavy atom. The van der Waals surface area contributed by atoms with Crippen LogP contribution >= 0.6 is 0 Å². The molecule has 0 spiro atoms. The molecule has 0 radical (unpaired) electrons. The average molecular weight is 367 g/mol. The summed E-state index contributed by atoms with van der Waals surface area (Å²) in [6.07, 6.45) is 7.39. The van der Waals surface area contributed by atoms with Crippen LogP contribution in [0.3, 0.4) is 0 Å². The molecule has 2 aliphatic carbocycles. The van der Waals surface area contributed by atoms with Crippen LogP contribution in [0.4, 0.5) is 0 Å². The monoisotopic (exact) mass is 366 g/mol. The quantitative estimate of drug-likeness (QED) is 0.372. The van der Waals surface area contributed by atoms with E-state index in [1.54, 1.807) is 0 Å². The van der Waals surface area contributed by atoms with Crippen LogP contribution in [0.25, 0.3) is 0 Å². The van der Waals surface area contributed by atoms with E-state index in [9.17, 15) is 0 Å². The number of allylic oxidation sites excluding steroid dienone is 2. The molecule has 3 aromatic carbocycles. The highest BCUT2D eigenvalue weighted by Crippen LogP contribution is 2.46. The van der Waals surface area contributed by atoms with Crippen LogP contribution in [0.2, 0.25) is 0 Å². The van der Waals surface area contributed by atoms with Crippen molar-refractivity contribution >= 4 is 0 Å². The van der Waals surface area contributed by atoms with Crippen molar-refractivity contribution in [2.45, 2.75) is 18.4 Å². The van der Waals surface area contributed by atoms with Gasteiger partial charge in [-0.1, -0.05) is 103 Å². The van der Waals surface area contributed by atoms with Crippen LogP contribution in [0.5, 0.6) is 0 Å². The molecule has 3 atom stereocenters. The standard InChI is InChI=1S/C27H26O/c1-4-10-24(11-5-1)27(25-12-6-2-7-13-25,26-14-8-3-9-15-26)28-20-23-19-21-16-17-22(23)18-21/h1-17,21-23H,18-20H2. The minimum atomic E-state index is -0.588. The Balaban J connectivity index is 1.60. The van der Waals surface area contributed by atoms with Crippen LogP contribution in [0, 0.1) is 17.8 Å². The molecule has 0 aliphatic heterocycles. The van der Waals surface area contributed by atoms with E-state index in [2.05, 4.69) is 103 Å². The normalized spacial score (nSPS) is 23.2. The lowest BCUT2D eigenvalue weighted by Gasteiger charge is -2.37. The second-order valence-electron chi connectivity index (χ2n) is 8.13. The first-order chi connectivity index (χ1) is 13.9. The zero-order chi connectivity index (χ0) is 18.8. The number of ether oxygens (including phenoxy) is 1.